The molecule has 0 amide bonds. The van der Waals surface area contributed by atoms with Crippen LogP contribution in [0.5, 0.6) is 0 Å². The summed E-state index contributed by atoms with van der Waals surface area (Å²) in [6, 6.07) is 0. The standard InChI is InChI=1S/C12H19N/c1-4-6-7-9-12(5-2)10-8-11-13-3/h8,10-11H,2,4,6-7,9H2,1,3H3/b10-8-,13-11-. The molecule has 0 aromatic rings. The van der Waals surface area contributed by atoms with Crippen LogP contribution in [0.4, 0.5) is 0 Å². The van der Waals surface area contributed by atoms with E-state index in [1.807, 2.05) is 12.2 Å². The lowest BCUT2D eigenvalue weighted by atomic mass is 10.1. The molecule has 0 N–H and O–H groups in total. The molecule has 0 heterocycles. The summed E-state index contributed by atoms with van der Waals surface area (Å²) in [4.78, 5) is 3.87. The fourth-order valence-corrected chi connectivity index (χ4v) is 1.04. The van der Waals surface area contributed by atoms with E-state index < -0.39 is 0 Å². The highest BCUT2D eigenvalue weighted by molar-refractivity contribution is 5.71. The molecule has 1 heteroatoms. The first-order valence-corrected chi connectivity index (χ1v) is 4.82. The van der Waals surface area contributed by atoms with Crippen molar-refractivity contribution < 1.29 is 0 Å². The van der Waals surface area contributed by atoms with Crippen molar-refractivity contribution in [3.8, 4) is 0 Å². The van der Waals surface area contributed by atoms with E-state index in [2.05, 4.69) is 24.2 Å². The number of hydrogen-bond acceptors (Lipinski definition) is 1. The lowest BCUT2D eigenvalue weighted by Gasteiger charge is -1.96. The Morgan fingerprint density at radius 1 is 1.46 bits per heavy atom. The summed E-state index contributed by atoms with van der Waals surface area (Å²) in [5.41, 5.74) is 4.11. The van der Waals surface area contributed by atoms with Crippen LogP contribution < -0.4 is 0 Å². The predicted molar refractivity (Wildman–Crippen MR) is 60.4 cm³/mol. The SMILES string of the molecule is C=C=C(/C=C\C=N/C)CCCCC. The minimum Gasteiger partial charge on any atom is -0.297 e. The topological polar surface area (TPSA) is 12.4 Å². The summed E-state index contributed by atoms with van der Waals surface area (Å²) >= 11 is 0. The second kappa shape index (κ2) is 9.02. The maximum atomic E-state index is 3.87. The first kappa shape index (κ1) is 11.9. The monoisotopic (exact) mass is 177 g/mol. The average molecular weight is 177 g/mol. The van der Waals surface area contributed by atoms with Crippen molar-refractivity contribution in [3.63, 3.8) is 0 Å². The quantitative estimate of drug-likeness (QED) is 0.255. The van der Waals surface area contributed by atoms with Crippen LogP contribution in [0.2, 0.25) is 0 Å². The number of rotatable bonds is 6. The van der Waals surface area contributed by atoms with Crippen molar-refractivity contribution in [2.45, 2.75) is 32.6 Å². The first-order chi connectivity index (χ1) is 6.35. The summed E-state index contributed by atoms with van der Waals surface area (Å²) in [5.74, 6) is 0. The van der Waals surface area contributed by atoms with E-state index in [4.69, 9.17) is 0 Å². The Labute approximate surface area is 81.6 Å². The normalized spacial score (nSPS) is 10.9. The van der Waals surface area contributed by atoms with E-state index in [1.54, 1.807) is 13.3 Å². The van der Waals surface area contributed by atoms with Crippen LogP contribution in [-0.4, -0.2) is 13.3 Å². The molecule has 0 bridgehead atoms. The maximum Gasteiger partial charge on any atom is 0.0277 e. The molecule has 0 aliphatic carbocycles. The van der Waals surface area contributed by atoms with Gasteiger partial charge < -0.3 is 0 Å². The number of hydrogen-bond donors (Lipinski definition) is 0. The molecule has 0 aromatic carbocycles. The van der Waals surface area contributed by atoms with Crippen LogP contribution in [0.15, 0.2) is 35.0 Å². The minimum atomic E-state index is 1.07. The smallest absolute Gasteiger partial charge is 0.0277 e. The second-order valence-corrected chi connectivity index (χ2v) is 2.93. The summed E-state index contributed by atoms with van der Waals surface area (Å²) in [6.45, 7) is 5.87. The molecule has 0 saturated carbocycles. The molecular formula is C12H19N. The van der Waals surface area contributed by atoms with Gasteiger partial charge in [0.15, 0.2) is 0 Å². The number of nitrogens with zero attached hydrogens (tertiary/aromatic N) is 1. The van der Waals surface area contributed by atoms with Gasteiger partial charge in [-0.15, -0.1) is 5.73 Å². The number of unbranched alkanes of at least 4 members (excludes halogenated alkanes) is 2. The lowest BCUT2D eigenvalue weighted by molar-refractivity contribution is 0.720. The highest BCUT2D eigenvalue weighted by Crippen LogP contribution is 2.08. The van der Waals surface area contributed by atoms with Crippen molar-refractivity contribution in [2.75, 3.05) is 7.05 Å². The maximum absolute atomic E-state index is 3.87. The van der Waals surface area contributed by atoms with Crippen LogP contribution in [0, 0.1) is 0 Å². The minimum absolute atomic E-state index is 1.07. The van der Waals surface area contributed by atoms with Crippen molar-refractivity contribution in [1.29, 1.82) is 0 Å². The van der Waals surface area contributed by atoms with Gasteiger partial charge in [0.1, 0.15) is 0 Å². The van der Waals surface area contributed by atoms with Crippen LogP contribution in [0.25, 0.3) is 0 Å². The molecule has 13 heavy (non-hydrogen) atoms. The molecule has 0 fully saturated rings. The van der Waals surface area contributed by atoms with Crippen LogP contribution in [0.1, 0.15) is 32.6 Å². The molecule has 0 rings (SSSR count). The molecular weight excluding hydrogens is 158 g/mol. The fraction of sp³-hybridized carbons (Fsp3) is 0.500. The predicted octanol–water partition coefficient (Wildman–Crippen LogP) is 3.53. The molecule has 0 aliphatic rings. The van der Waals surface area contributed by atoms with Gasteiger partial charge in [-0.05, 0) is 30.6 Å². The third-order valence-corrected chi connectivity index (χ3v) is 1.81. The van der Waals surface area contributed by atoms with Gasteiger partial charge in [0.2, 0.25) is 0 Å². The molecule has 0 aromatic heterocycles. The van der Waals surface area contributed by atoms with Crippen LogP contribution in [0.3, 0.4) is 0 Å². The third kappa shape index (κ3) is 7.30. The Hall–Kier alpha value is -1.07. The summed E-state index contributed by atoms with van der Waals surface area (Å²) in [6.07, 6.45) is 10.6. The lowest BCUT2D eigenvalue weighted by Crippen LogP contribution is -1.79. The van der Waals surface area contributed by atoms with Gasteiger partial charge in [-0.1, -0.05) is 26.3 Å². The largest absolute Gasteiger partial charge is 0.297 e. The van der Waals surface area contributed by atoms with Crippen LogP contribution >= 0.6 is 0 Å². The Morgan fingerprint density at radius 3 is 2.77 bits per heavy atom. The Kier molecular flexibility index (Phi) is 8.28. The van der Waals surface area contributed by atoms with Gasteiger partial charge in [0.05, 0.1) is 0 Å². The molecule has 0 aliphatic heterocycles. The zero-order valence-corrected chi connectivity index (χ0v) is 8.71. The molecule has 72 valence electrons. The van der Waals surface area contributed by atoms with E-state index in [0.717, 1.165) is 6.42 Å². The van der Waals surface area contributed by atoms with Crippen molar-refractivity contribution in [3.05, 3.63) is 30.0 Å². The summed E-state index contributed by atoms with van der Waals surface area (Å²) < 4.78 is 0. The van der Waals surface area contributed by atoms with Gasteiger partial charge in [-0.3, -0.25) is 4.99 Å². The molecule has 0 saturated heterocycles. The van der Waals surface area contributed by atoms with E-state index in [9.17, 15) is 0 Å². The van der Waals surface area contributed by atoms with Gasteiger partial charge >= 0.3 is 0 Å². The highest BCUT2D eigenvalue weighted by atomic mass is 14.6. The number of aliphatic imine (C=N–C) groups is 1. The van der Waals surface area contributed by atoms with Crippen molar-refractivity contribution in [1.82, 2.24) is 0 Å². The van der Waals surface area contributed by atoms with Gasteiger partial charge in [0, 0.05) is 13.3 Å². The van der Waals surface area contributed by atoms with Crippen molar-refractivity contribution in [2.24, 2.45) is 4.99 Å². The molecule has 0 spiro atoms. The number of allylic oxidation sites excluding steroid dienone is 3. The Bertz CT molecular complexity index is 217. The van der Waals surface area contributed by atoms with E-state index >= 15 is 0 Å². The zero-order valence-electron chi connectivity index (χ0n) is 8.71. The summed E-state index contributed by atoms with van der Waals surface area (Å²) in [5, 5.41) is 0. The molecule has 1 nitrogen and oxygen atoms in total. The van der Waals surface area contributed by atoms with Gasteiger partial charge in [-0.2, -0.15) is 0 Å². The molecule has 0 unspecified atom stereocenters. The molecule has 0 atom stereocenters. The van der Waals surface area contributed by atoms with Crippen LogP contribution in [-0.2, 0) is 0 Å². The molecule has 0 radical (unpaired) electrons. The second-order valence-electron chi connectivity index (χ2n) is 2.93. The highest BCUT2D eigenvalue weighted by Gasteiger charge is 1.90. The Morgan fingerprint density at radius 2 is 2.23 bits per heavy atom. The van der Waals surface area contributed by atoms with Gasteiger partial charge in [0.25, 0.3) is 0 Å². The average Bonchev–Trinajstić information content (AvgIpc) is 2.16. The third-order valence-electron chi connectivity index (χ3n) is 1.81. The van der Waals surface area contributed by atoms with Crippen molar-refractivity contribution >= 4 is 6.21 Å². The summed E-state index contributed by atoms with van der Waals surface area (Å²) in [7, 11) is 1.76. The first-order valence-electron chi connectivity index (χ1n) is 4.82. The Balaban J connectivity index is 3.85. The zero-order chi connectivity index (χ0) is 9.94. The van der Waals surface area contributed by atoms with E-state index in [1.165, 1.54) is 24.8 Å². The van der Waals surface area contributed by atoms with E-state index in [0.29, 0.717) is 0 Å². The van der Waals surface area contributed by atoms with Gasteiger partial charge in [-0.25, -0.2) is 0 Å². The fourth-order valence-electron chi connectivity index (χ4n) is 1.04. The van der Waals surface area contributed by atoms with E-state index in [-0.39, 0.29) is 0 Å².